The van der Waals surface area contributed by atoms with Gasteiger partial charge in [0.05, 0.1) is 6.61 Å². The number of amides is 1. The van der Waals surface area contributed by atoms with E-state index in [1.807, 2.05) is 0 Å². The third-order valence-electron chi connectivity index (χ3n) is 2.50. The lowest BCUT2D eigenvalue weighted by Crippen LogP contribution is -2.33. The molecule has 0 aliphatic heterocycles. The maximum Gasteiger partial charge on any atom is 0.407 e. The van der Waals surface area contributed by atoms with E-state index in [0.717, 1.165) is 19.3 Å². The summed E-state index contributed by atoms with van der Waals surface area (Å²) < 4.78 is 7.87. The van der Waals surface area contributed by atoms with Gasteiger partial charge >= 0.3 is 12.1 Å². The number of ether oxygens (including phenoxy) is 2. The Hall–Kier alpha value is -0.390. The van der Waals surface area contributed by atoms with Crippen molar-refractivity contribution in [1.29, 1.82) is 0 Å². The fourth-order valence-corrected chi connectivity index (χ4v) is 1.63. The van der Waals surface area contributed by atoms with E-state index in [9.17, 15) is 9.59 Å². The number of hydrogen-bond donors (Lipinski definition) is 1. The molecular formula is C13H22Cl3NO4. The lowest BCUT2D eigenvalue weighted by molar-refractivity contribution is -0.142. The van der Waals surface area contributed by atoms with Crippen molar-refractivity contribution in [2.45, 2.75) is 49.2 Å². The molecule has 21 heavy (non-hydrogen) atoms. The van der Waals surface area contributed by atoms with Crippen LogP contribution in [0.2, 0.25) is 0 Å². The summed E-state index contributed by atoms with van der Waals surface area (Å²) in [5.74, 6) is -0.519. The molecule has 8 heteroatoms. The van der Waals surface area contributed by atoms with Gasteiger partial charge in [-0.05, 0) is 6.42 Å². The van der Waals surface area contributed by atoms with Crippen LogP contribution in [0.15, 0.2) is 0 Å². The van der Waals surface area contributed by atoms with Gasteiger partial charge in [0.15, 0.2) is 0 Å². The van der Waals surface area contributed by atoms with Crippen LogP contribution >= 0.6 is 34.8 Å². The fourth-order valence-electron chi connectivity index (χ4n) is 1.46. The molecule has 0 aromatic rings. The van der Waals surface area contributed by atoms with Crippen LogP contribution in [0, 0.1) is 0 Å². The summed E-state index contributed by atoms with van der Waals surface area (Å²) in [7, 11) is 0. The van der Waals surface area contributed by atoms with Gasteiger partial charge in [0.1, 0.15) is 13.2 Å². The van der Waals surface area contributed by atoms with Gasteiger partial charge in [0.25, 0.3) is 0 Å². The van der Waals surface area contributed by atoms with Crippen molar-refractivity contribution in [2.75, 3.05) is 19.8 Å². The number of alkyl halides is 3. The number of unbranched alkanes of at least 4 members (excludes halogenated alkanes) is 5. The average Bonchev–Trinajstić information content (AvgIpc) is 2.41. The second-order valence-electron chi connectivity index (χ2n) is 4.53. The van der Waals surface area contributed by atoms with Gasteiger partial charge < -0.3 is 14.8 Å². The molecule has 5 nitrogen and oxygen atoms in total. The summed E-state index contributed by atoms with van der Waals surface area (Å²) in [5, 5.41) is 2.21. The van der Waals surface area contributed by atoms with E-state index in [4.69, 9.17) is 39.5 Å². The average molecular weight is 363 g/mol. The normalized spacial score (nSPS) is 11.0. The fraction of sp³-hybridized carbons (Fsp3) is 0.846. The first-order valence-electron chi connectivity index (χ1n) is 6.98. The Kier molecular flexibility index (Phi) is 12.0. The third-order valence-corrected chi connectivity index (χ3v) is 2.83. The van der Waals surface area contributed by atoms with Gasteiger partial charge in [-0.2, -0.15) is 0 Å². The summed E-state index contributed by atoms with van der Waals surface area (Å²) >= 11 is 16.2. The molecule has 0 bridgehead atoms. The highest BCUT2D eigenvalue weighted by Crippen LogP contribution is 2.25. The molecule has 0 atom stereocenters. The molecule has 0 aromatic heterocycles. The zero-order valence-corrected chi connectivity index (χ0v) is 14.4. The lowest BCUT2D eigenvalue weighted by Gasteiger charge is -2.11. The van der Waals surface area contributed by atoms with Crippen LogP contribution in [0.3, 0.4) is 0 Å². The van der Waals surface area contributed by atoms with Crippen LogP contribution < -0.4 is 5.32 Å². The summed E-state index contributed by atoms with van der Waals surface area (Å²) in [4.78, 5) is 22.5. The first-order valence-corrected chi connectivity index (χ1v) is 8.11. The predicted molar refractivity (Wildman–Crippen MR) is 84.0 cm³/mol. The van der Waals surface area contributed by atoms with Gasteiger partial charge in [-0.15, -0.1) is 0 Å². The Morgan fingerprint density at radius 1 is 1.00 bits per heavy atom. The quantitative estimate of drug-likeness (QED) is 0.362. The zero-order valence-electron chi connectivity index (χ0n) is 12.1. The third kappa shape index (κ3) is 15.8. The zero-order chi connectivity index (χ0) is 16.1. The minimum absolute atomic E-state index is 0.269. The summed E-state index contributed by atoms with van der Waals surface area (Å²) in [6.45, 7) is 1.86. The molecule has 0 unspecified atom stereocenters. The van der Waals surface area contributed by atoms with Crippen LogP contribution in [0.4, 0.5) is 4.79 Å². The molecule has 0 aromatic carbocycles. The number of hydrogen-bond acceptors (Lipinski definition) is 4. The molecule has 0 fully saturated rings. The van der Waals surface area contributed by atoms with Crippen molar-refractivity contribution in [2.24, 2.45) is 0 Å². The van der Waals surface area contributed by atoms with E-state index in [1.54, 1.807) is 0 Å². The highest BCUT2D eigenvalue weighted by atomic mass is 35.6. The minimum Gasteiger partial charge on any atom is -0.464 e. The number of nitrogens with one attached hydrogen (secondary N) is 1. The van der Waals surface area contributed by atoms with Gasteiger partial charge in [-0.25, -0.2) is 4.79 Å². The van der Waals surface area contributed by atoms with E-state index in [-0.39, 0.29) is 6.54 Å². The molecule has 0 saturated heterocycles. The number of carbonyl (C=O) groups excluding carboxylic acids is 2. The highest BCUT2D eigenvalue weighted by Gasteiger charge is 2.22. The van der Waals surface area contributed by atoms with Crippen molar-refractivity contribution in [3.63, 3.8) is 0 Å². The van der Waals surface area contributed by atoms with Crippen molar-refractivity contribution in [3.8, 4) is 0 Å². The highest BCUT2D eigenvalue weighted by molar-refractivity contribution is 6.67. The molecule has 1 amide bonds. The van der Waals surface area contributed by atoms with Crippen LogP contribution in [0.1, 0.15) is 45.4 Å². The maximum atomic E-state index is 11.3. The molecule has 1 N–H and O–H groups in total. The van der Waals surface area contributed by atoms with Gasteiger partial charge in [-0.3, -0.25) is 4.79 Å². The van der Waals surface area contributed by atoms with E-state index in [1.165, 1.54) is 19.3 Å². The first-order chi connectivity index (χ1) is 9.85. The monoisotopic (exact) mass is 361 g/mol. The van der Waals surface area contributed by atoms with Crippen molar-refractivity contribution in [3.05, 3.63) is 0 Å². The Balaban J connectivity index is 3.47. The van der Waals surface area contributed by atoms with Gasteiger partial charge in [0, 0.05) is 0 Å². The smallest absolute Gasteiger partial charge is 0.407 e. The standard InChI is InChI=1S/C13H22Cl3NO4/c1-2-3-4-5-6-7-8-20-11(18)9-17-12(19)21-10-13(14,15)16/h2-10H2,1H3,(H,17,19). The topological polar surface area (TPSA) is 64.6 Å². The SMILES string of the molecule is CCCCCCCCOC(=O)CNC(=O)OCC(Cl)(Cl)Cl. The molecule has 0 spiro atoms. The van der Waals surface area contributed by atoms with Crippen molar-refractivity contribution in [1.82, 2.24) is 5.32 Å². The van der Waals surface area contributed by atoms with Crippen molar-refractivity contribution >= 4 is 46.9 Å². The van der Waals surface area contributed by atoms with Crippen LogP contribution in [0.25, 0.3) is 0 Å². The number of alkyl carbamates (subject to hydrolysis) is 1. The van der Waals surface area contributed by atoms with E-state index < -0.39 is 22.5 Å². The lowest BCUT2D eigenvalue weighted by atomic mass is 10.1. The molecule has 0 aliphatic carbocycles. The Morgan fingerprint density at radius 3 is 2.24 bits per heavy atom. The Bertz CT molecular complexity index is 308. The van der Waals surface area contributed by atoms with Crippen molar-refractivity contribution < 1.29 is 19.1 Å². The molecule has 0 rings (SSSR count). The van der Waals surface area contributed by atoms with Crippen LogP contribution in [0.5, 0.6) is 0 Å². The molecular weight excluding hydrogens is 341 g/mol. The van der Waals surface area contributed by atoms with Gasteiger partial charge in [0.2, 0.25) is 3.79 Å². The Labute approximate surface area is 140 Å². The predicted octanol–water partition coefficient (Wildman–Crippen LogP) is 3.99. The second kappa shape index (κ2) is 12.2. The first kappa shape index (κ1) is 20.6. The molecule has 0 radical (unpaired) electrons. The molecule has 124 valence electrons. The number of esters is 1. The molecule has 0 aliphatic rings. The second-order valence-corrected chi connectivity index (χ2v) is 7.05. The summed E-state index contributed by atoms with van der Waals surface area (Å²) in [6.07, 6.45) is 5.82. The van der Waals surface area contributed by atoms with Gasteiger partial charge in [-0.1, -0.05) is 73.8 Å². The van der Waals surface area contributed by atoms with Crippen LogP contribution in [-0.2, 0) is 14.3 Å². The largest absolute Gasteiger partial charge is 0.464 e. The summed E-state index contributed by atoms with van der Waals surface area (Å²) in [5.41, 5.74) is 0. The van der Waals surface area contributed by atoms with E-state index in [0.29, 0.717) is 6.61 Å². The minimum atomic E-state index is -1.67. The van der Waals surface area contributed by atoms with E-state index >= 15 is 0 Å². The van der Waals surface area contributed by atoms with Crippen LogP contribution in [-0.4, -0.2) is 35.6 Å². The maximum absolute atomic E-state index is 11.3. The summed E-state index contributed by atoms with van der Waals surface area (Å²) in [6, 6.07) is 0. The number of carbonyl (C=O) groups is 2. The molecule has 0 saturated carbocycles. The van der Waals surface area contributed by atoms with E-state index in [2.05, 4.69) is 17.0 Å². The molecule has 0 heterocycles. The number of rotatable bonds is 10. The Morgan fingerprint density at radius 2 is 1.62 bits per heavy atom. The number of halogens is 3.